The largest absolute Gasteiger partial charge is 0.373 e. The van der Waals surface area contributed by atoms with Crippen LogP contribution < -0.4 is 0 Å². The van der Waals surface area contributed by atoms with E-state index in [0.29, 0.717) is 18.3 Å². The Labute approximate surface area is 144 Å². The molecule has 2 nitrogen and oxygen atoms in total. The van der Waals surface area contributed by atoms with Gasteiger partial charge >= 0.3 is 0 Å². The standard InChI is InChI=1S/C22H26O2/c1-5-22(24)14(2)12-19-17-7-6-15-13-16(23)8-10-20(15,3)18(17)9-11-21(19,22)4/h1,9,13,17,19,24H,2,6-8,10-12H2,3-4H3/t17-,19+,20+,21+,22+/m1/s1. The molecule has 0 aromatic rings. The first-order chi connectivity index (χ1) is 11.3. The number of aliphatic hydroxyl groups is 1. The highest BCUT2D eigenvalue weighted by atomic mass is 16.3. The number of hydrogen-bond acceptors (Lipinski definition) is 2. The van der Waals surface area contributed by atoms with Gasteiger partial charge in [-0.25, -0.2) is 0 Å². The summed E-state index contributed by atoms with van der Waals surface area (Å²) < 4.78 is 0. The molecular weight excluding hydrogens is 296 g/mol. The zero-order valence-corrected chi connectivity index (χ0v) is 14.7. The van der Waals surface area contributed by atoms with E-state index in [1.807, 2.05) is 6.08 Å². The van der Waals surface area contributed by atoms with Gasteiger partial charge in [-0.05, 0) is 55.6 Å². The van der Waals surface area contributed by atoms with E-state index in [4.69, 9.17) is 6.42 Å². The third kappa shape index (κ3) is 1.69. The van der Waals surface area contributed by atoms with Crippen LogP contribution >= 0.6 is 0 Å². The molecule has 0 aromatic carbocycles. The van der Waals surface area contributed by atoms with E-state index >= 15 is 0 Å². The molecule has 24 heavy (non-hydrogen) atoms. The van der Waals surface area contributed by atoms with Crippen LogP contribution in [0.4, 0.5) is 0 Å². The molecule has 5 atom stereocenters. The Bertz CT molecular complexity index is 748. The Morgan fingerprint density at radius 1 is 1.38 bits per heavy atom. The summed E-state index contributed by atoms with van der Waals surface area (Å²) in [6.45, 7) is 8.57. The topological polar surface area (TPSA) is 37.3 Å². The molecule has 2 heteroatoms. The average Bonchev–Trinajstić information content (AvgIpc) is 2.76. The third-order valence-corrected chi connectivity index (χ3v) is 7.74. The zero-order chi connectivity index (χ0) is 17.3. The molecule has 0 spiro atoms. The average molecular weight is 322 g/mol. The van der Waals surface area contributed by atoms with Crippen molar-refractivity contribution in [3.63, 3.8) is 0 Å². The molecule has 4 aliphatic carbocycles. The van der Waals surface area contributed by atoms with Gasteiger partial charge in [-0.3, -0.25) is 4.79 Å². The van der Waals surface area contributed by atoms with Gasteiger partial charge in [0, 0.05) is 17.3 Å². The zero-order valence-electron chi connectivity index (χ0n) is 14.7. The number of fused-ring (bicyclic) bond motifs is 5. The van der Waals surface area contributed by atoms with E-state index in [1.54, 1.807) is 0 Å². The minimum atomic E-state index is -1.20. The second-order valence-electron chi connectivity index (χ2n) is 8.66. The molecule has 0 aliphatic heterocycles. The Hall–Kier alpha value is -1.59. The van der Waals surface area contributed by atoms with Crippen molar-refractivity contribution in [2.45, 2.75) is 58.0 Å². The van der Waals surface area contributed by atoms with E-state index in [-0.39, 0.29) is 16.6 Å². The van der Waals surface area contributed by atoms with E-state index < -0.39 is 5.60 Å². The maximum atomic E-state index is 11.9. The molecule has 0 saturated heterocycles. The molecule has 2 saturated carbocycles. The first kappa shape index (κ1) is 15.9. The maximum Gasteiger partial charge on any atom is 0.155 e. The molecule has 0 amide bonds. The molecule has 1 N–H and O–H groups in total. The normalized spacial score (nSPS) is 47.1. The molecule has 126 valence electrons. The van der Waals surface area contributed by atoms with Crippen molar-refractivity contribution in [3.05, 3.63) is 35.5 Å². The first-order valence-electron chi connectivity index (χ1n) is 9.09. The summed E-state index contributed by atoms with van der Waals surface area (Å²) in [7, 11) is 0. The smallest absolute Gasteiger partial charge is 0.155 e. The fourth-order valence-corrected chi connectivity index (χ4v) is 6.09. The second kappa shape index (κ2) is 4.73. The van der Waals surface area contributed by atoms with Crippen LogP contribution in [0, 0.1) is 35.0 Å². The monoisotopic (exact) mass is 322 g/mol. The summed E-state index contributed by atoms with van der Waals surface area (Å²) in [4.78, 5) is 11.9. The van der Waals surface area contributed by atoms with Crippen molar-refractivity contribution in [2.75, 3.05) is 0 Å². The van der Waals surface area contributed by atoms with E-state index in [2.05, 4.69) is 32.4 Å². The predicted octanol–water partition coefficient (Wildman–Crippen LogP) is 3.97. The number of hydrogen-bond donors (Lipinski definition) is 1. The predicted molar refractivity (Wildman–Crippen MR) is 95.0 cm³/mol. The van der Waals surface area contributed by atoms with Gasteiger partial charge in [0.2, 0.25) is 0 Å². The molecular formula is C22H26O2. The number of terminal acetylenes is 1. The van der Waals surface area contributed by atoms with Crippen LogP contribution in [0.1, 0.15) is 52.4 Å². The number of ketones is 1. The lowest BCUT2D eigenvalue weighted by Crippen LogP contribution is -2.50. The fraction of sp³-hybridized carbons (Fsp3) is 0.591. The number of allylic oxidation sites excluding steroid dienone is 4. The van der Waals surface area contributed by atoms with Crippen LogP contribution in [0.5, 0.6) is 0 Å². The molecule has 0 bridgehead atoms. The van der Waals surface area contributed by atoms with Crippen LogP contribution in [-0.4, -0.2) is 16.5 Å². The highest BCUT2D eigenvalue weighted by Gasteiger charge is 2.62. The summed E-state index contributed by atoms with van der Waals surface area (Å²) >= 11 is 0. The molecule has 0 heterocycles. The van der Waals surface area contributed by atoms with Gasteiger partial charge in [-0.1, -0.05) is 43.6 Å². The lowest BCUT2D eigenvalue weighted by molar-refractivity contribution is -0.115. The molecule has 0 radical (unpaired) electrons. The molecule has 4 rings (SSSR count). The summed E-state index contributed by atoms with van der Waals surface area (Å²) in [6, 6.07) is 0. The molecule has 2 fully saturated rings. The van der Waals surface area contributed by atoms with Crippen molar-refractivity contribution >= 4 is 5.78 Å². The van der Waals surface area contributed by atoms with Crippen molar-refractivity contribution in [3.8, 4) is 12.3 Å². The summed E-state index contributed by atoms with van der Waals surface area (Å²) in [5.74, 6) is 3.74. The van der Waals surface area contributed by atoms with Crippen LogP contribution in [0.15, 0.2) is 35.5 Å². The Morgan fingerprint density at radius 3 is 2.83 bits per heavy atom. The maximum absolute atomic E-state index is 11.9. The summed E-state index contributed by atoms with van der Waals surface area (Å²) in [5, 5.41) is 11.1. The van der Waals surface area contributed by atoms with Crippen LogP contribution in [-0.2, 0) is 4.79 Å². The van der Waals surface area contributed by atoms with Gasteiger partial charge < -0.3 is 5.11 Å². The van der Waals surface area contributed by atoms with Gasteiger partial charge in [0.05, 0.1) is 0 Å². The molecule has 0 aromatic heterocycles. The van der Waals surface area contributed by atoms with E-state index in [9.17, 15) is 9.90 Å². The molecule has 4 aliphatic rings. The lowest BCUT2D eigenvalue weighted by Gasteiger charge is -2.53. The fourth-order valence-electron chi connectivity index (χ4n) is 6.09. The van der Waals surface area contributed by atoms with Crippen molar-refractivity contribution in [1.82, 2.24) is 0 Å². The third-order valence-electron chi connectivity index (χ3n) is 7.74. The summed E-state index contributed by atoms with van der Waals surface area (Å²) in [5.41, 5.74) is 2.11. The minimum Gasteiger partial charge on any atom is -0.373 e. The van der Waals surface area contributed by atoms with E-state index in [1.165, 1.54) is 11.1 Å². The Kier molecular flexibility index (Phi) is 3.14. The first-order valence-corrected chi connectivity index (χ1v) is 9.09. The highest BCUT2D eigenvalue weighted by Crippen LogP contribution is 2.66. The van der Waals surface area contributed by atoms with Gasteiger partial charge in [-0.15, -0.1) is 6.42 Å². The van der Waals surface area contributed by atoms with Crippen LogP contribution in [0.25, 0.3) is 0 Å². The number of carbonyl (C=O) groups excluding carboxylic acids is 1. The Morgan fingerprint density at radius 2 is 2.12 bits per heavy atom. The van der Waals surface area contributed by atoms with Crippen molar-refractivity contribution in [2.24, 2.45) is 22.7 Å². The molecule has 0 unspecified atom stereocenters. The van der Waals surface area contributed by atoms with Gasteiger partial charge in [0.1, 0.15) is 0 Å². The number of carbonyl (C=O) groups is 1. The number of rotatable bonds is 0. The highest BCUT2D eigenvalue weighted by molar-refractivity contribution is 5.92. The summed E-state index contributed by atoms with van der Waals surface area (Å²) in [6.07, 6.45) is 15.2. The van der Waals surface area contributed by atoms with Crippen molar-refractivity contribution in [1.29, 1.82) is 0 Å². The van der Waals surface area contributed by atoms with Crippen LogP contribution in [0.3, 0.4) is 0 Å². The van der Waals surface area contributed by atoms with Gasteiger partial charge in [-0.2, -0.15) is 0 Å². The second-order valence-corrected chi connectivity index (χ2v) is 8.66. The quantitative estimate of drug-likeness (QED) is 0.541. The van der Waals surface area contributed by atoms with Crippen LogP contribution in [0.2, 0.25) is 0 Å². The Balaban J connectivity index is 1.81. The van der Waals surface area contributed by atoms with Gasteiger partial charge in [0.15, 0.2) is 11.4 Å². The van der Waals surface area contributed by atoms with Gasteiger partial charge in [0.25, 0.3) is 0 Å². The lowest BCUT2D eigenvalue weighted by atomic mass is 9.51. The minimum absolute atomic E-state index is 0.0241. The SMILES string of the molecule is C#C[C@]1(O)C(=C)C[C@H]2[C@@H]3CCC4=CC(=O)CC[C@]4(C)C3=CC[C@@]21C. The van der Waals surface area contributed by atoms with Crippen molar-refractivity contribution < 1.29 is 9.90 Å². The van der Waals surface area contributed by atoms with E-state index in [0.717, 1.165) is 37.7 Å².